The van der Waals surface area contributed by atoms with Crippen LogP contribution in [0, 0.1) is 12.8 Å². The zero-order valence-electron chi connectivity index (χ0n) is 24.4. The minimum atomic E-state index is -0.945. The normalized spacial score (nSPS) is 14.5. The summed E-state index contributed by atoms with van der Waals surface area (Å²) in [7, 11) is 0. The van der Waals surface area contributed by atoms with E-state index in [4.69, 9.17) is 25.7 Å². The van der Waals surface area contributed by atoms with Crippen LogP contribution in [-0.2, 0) is 32.7 Å². The van der Waals surface area contributed by atoms with Crippen LogP contribution in [0.2, 0.25) is 5.02 Å². The van der Waals surface area contributed by atoms with Gasteiger partial charge in [0.15, 0.2) is 6.61 Å². The summed E-state index contributed by atoms with van der Waals surface area (Å²) in [5.41, 5.74) is 3.91. The van der Waals surface area contributed by atoms with Crippen LogP contribution in [0.1, 0.15) is 58.9 Å². The minimum absolute atomic E-state index is 0.257. The molecule has 4 heterocycles. The first-order chi connectivity index (χ1) is 20.9. The van der Waals surface area contributed by atoms with Gasteiger partial charge < -0.3 is 23.4 Å². The van der Waals surface area contributed by atoms with Gasteiger partial charge in [0.25, 0.3) is 0 Å². The zero-order chi connectivity index (χ0) is 29.9. The molecular weight excluding hydrogens is 568 g/mol. The predicted molar refractivity (Wildman–Crippen MR) is 162 cm³/mol. The van der Waals surface area contributed by atoms with Crippen molar-refractivity contribution in [3.05, 3.63) is 94.4 Å². The number of ether oxygens (including phenoxy) is 1. The number of halogens is 1. The maximum Gasteiger partial charge on any atom is 0.335 e. The predicted octanol–water partition coefficient (Wildman–Crippen LogP) is 5.98. The number of likely N-dealkylation sites (tertiary alicyclic amines) is 1. The molecule has 1 fully saturated rings. The monoisotopic (exact) mass is 602 g/mol. The van der Waals surface area contributed by atoms with Crippen molar-refractivity contribution in [1.82, 2.24) is 29.0 Å². The second-order valence-electron chi connectivity index (χ2n) is 11.1. The molecule has 1 N–H and O–H groups in total. The highest BCUT2D eigenvalue weighted by molar-refractivity contribution is 6.30. The number of nitrogens with zero attached hydrogens (tertiary/aromatic N) is 6. The van der Waals surface area contributed by atoms with Crippen molar-refractivity contribution in [3.8, 4) is 5.75 Å². The summed E-state index contributed by atoms with van der Waals surface area (Å²) in [6, 6.07) is 10.7. The number of imidazole rings is 2. The lowest BCUT2D eigenvalue weighted by Gasteiger charge is -2.31. The molecule has 6 rings (SSSR count). The van der Waals surface area contributed by atoms with Gasteiger partial charge in [0.2, 0.25) is 5.89 Å². The van der Waals surface area contributed by atoms with Gasteiger partial charge in [-0.25, -0.2) is 19.7 Å². The van der Waals surface area contributed by atoms with Crippen molar-refractivity contribution >= 4 is 28.6 Å². The van der Waals surface area contributed by atoms with Crippen LogP contribution in [0.15, 0.2) is 59.5 Å². The molecule has 0 aliphatic carbocycles. The molecule has 2 aromatic carbocycles. The van der Waals surface area contributed by atoms with Crippen molar-refractivity contribution in [1.29, 1.82) is 0 Å². The van der Waals surface area contributed by atoms with Crippen molar-refractivity contribution in [2.24, 2.45) is 5.92 Å². The van der Waals surface area contributed by atoms with E-state index in [2.05, 4.69) is 30.9 Å². The number of oxazole rings is 1. The first kappa shape index (κ1) is 28.9. The number of carboxylic acid groups (broad SMARTS) is 1. The molecule has 1 aliphatic heterocycles. The number of benzene rings is 2. The molecule has 0 radical (unpaired) electrons. The number of rotatable bonds is 11. The van der Waals surface area contributed by atoms with Gasteiger partial charge >= 0.3 is 5.97 Å². The summed E-state index contributed by atoms with van der Waals surface area (Å²) in [5.74, 6) is 2.70. The fourth-order valence-electron chi connectivity index (χ4n) is 5.79. The summed E-state index contributed by atoms with van der Waals surface area (Å²) in [6.07, 6.45) is 8.44. The number of carboxylic acids is 1. The lowest BCUT2D eigenvalue weighted by Crippen LogP contribution is -2.34. The SMILES string of the molecule is CCn1cncc1Cn1c(CN2CCC(Cc3cnc(COc4ccc(Cl)cc4C)o3)CC2)nc2ccc(C(=O)O)cc21. The van der Waals surface area contributed by atoms with E-state index < -0.39 is 5.97 Å². The smallest absolute Gasteiger partial charge is 0.335 e. The second kappa shape index (κ2) is 12.6. The molecule has 10 nitrogen and oxygen atoms in total. The van der Waals surface area contributed by atoms with E-state index in [1.54, 1.807) is 18.2 Å². The Morgan fingerprint density at radius 1 is 1.14 bits per heavy atom. The number of fused-ring (bicyclic) bond motifs is 1. The van der Waals surface area contributed by atoms with Crippen molar-refractivity contribution in [2.75, 3.05) is 13.1 Å². The average molecular weight is 603 g/mol. The molecule has 11 heteroatoms. The van der Waals surface area contributed by atoms with E-state index in [-0.39, 0.29) is 12.2 Å². The Bertz CT molecular complexity index is 1730. The third kappa shape index (κ3) is 6.60. The molecule has 1 saturated heterocycles. The Hall–Kier alpha value is -4.15. The van der Waals surface area contributed by atoms with Crippen LogP contribution in [0.5, 0.6) is 5.75 Å². The summed E-state index contributed by atoms with van der Waals surface area (Å²) < 4.78 is 16.1. The van der Waals surface area contributed by atoms with E-state index in [9.17, 15) is 9.90 Å². The fraction of sp³-hybridized carbons (Fsp3) is 0.375. The van der Waals surface area contributed by atoms with Crippen LogP contribution in [0.3, 0.4) is 0 Å². The van der Waals surface area contributed by atoms with Gasteiger partial charge in [-0.05, 0) is 87.7 Å². The topological polar surface area (TPSA) is 111 Å². The van der Waals surface area contributed by atoms with Gasteiger partial charge in [-0.2, -0.15) is 0 Å². The quantitative estimate of drug-likeness (QED) is 0.196. The van der Waals surface area contributed by atoms with Crippen LogP contribution in [0.4, 0.5) is 0 Å². The lowest BCUT2D eigenvalue weighted by molar-refractivity contribution is 0.0697. The van der Waals surface area contributed by atoms with E-state index in [0.29, 0.717) is 29.9 Å². The number of hydrogen-bond acceptors (Lipinski definition) is 7. The van der Waals surface area contributed by atoms with Gasteiger partial charge in [0, 0.05) is 24.2 Å². The Kier molecular flexibility index (Phi) is 8.49. The second-order valence-corrected chi connectivity index (χ2v) is 11.6. The molecule has 0 unspecified atom stereocenters. The highest BCUT2D eigenvalue weighted by Gasteiger charge is 2.24. The molecule has 0 saturated carbocycles. The molecule has 1 aliphatic rings. The molecule has 5 aromatic rings. The largest absolute Gasteiger partial charge is 0.484 e. The van der Waals surface area contributed by atoms with Gasteiger partial charge in [-0.1, -0.05) is 11.6 Å². The molecule has 43 heavy (non-hydrogen) atoms. The van der Waals surface area contributed by atoms with Crippen LogP contribution < -0.4 is 4.74 Å². The Labute approximate surface area is 254 Å². The fourth-order valence-corrected chi connectivity index (χ4v) is 6.01. The number of hydrogen-bond donors (Lipinski definition) is 1. The van der Waals surface area contributed by atoms with Crippen molar-refractivity contribution in [2.45, 2.75) is 59.4 Å². The minimum Gasteiger partial charge on any atom is -0.484 e. The number of aryl methyl sites for hydroxylation is 2. The third-order valence-corrected chi connectivity index (χ3v) is 8.42. The first-order valence-electron chi connectivity index (χ1n) is 14.6. The standard InChI is InChI=1S/C32H35ClN6O4/c1-3-38-20-34-15-25(38)17-39-28-14-23(32(40)41)4-6-27(28)36-30(39)18-37-10-8-22(9-11-37)13-26-16-35-31(43-26)19-42-29-7-5-24(33)12-21(29)2/h4-7,12,14-16,20,22H,3,8-11,13,17-19H2,1-2H3,(H,40,41). The molecule has 3 aromatic heterocycles. The highest BCUT2D eigenvalue weighted by Crippen LogP contribution is 2.27. The molecule has 0 amide bonds. The summed E-state index contributed by atoms with van der Waals surface area (Å²) >= 11 is 6.04. The number of aromatic nitrogens is 5. The highest BCUT2D eigenvalue weighted by atomic mass is 35.5. The summed E-state index contributed by atoms with van der Waals surface area (Å²) in [6.45, 7) is 8.29. The Balaban J connectivity index is 1.08. The number of piperidine rings is 1. The zero-order valence-corrected chi connectivity index (χ0v) is 25.1. The summed E-state index contributed by atoms with van der Waals surface area (Å²) in [5, 5.41) is 10.3. The third-order valence-electron chi connectivity index (χ3n) is 8.19. The van der Waals surface area contributed by atoms with Crippen LogP contribution in [0.25, 0.3) is 11.0 Å². The molecular formula is C32H35ClN6O4. The molecule has 0 bridgehead atoms. The maximum atomic E-state index is 11.7. The van der Waals surface area contributed by atoms with Gasteiger partial charge in [-0.15, -0.1) is 0 Å². The van der Waals surface area contributed by atoms with Crippen molar-refractivity contribution < 1.29 is 19.1 Å². The number of carbonyl (C=O) groups is 1. The van der Waals surface area contributed by atoms with Gasteiger partial charge in [-0.3, -0.25) is 4.90 Å². The Morgan fingerprint density at radius 3 is 2.74 bits per heavy atom. The van der Waals surface area contributed by atoms with Crippen molar-refractivity contribution in [3.63, 3.8) is 0 Å². The average Bonchev–Trinajstić information content (AvgIpc) is 3.72. The maximum absolute atomic E-state index is 11.7. The van der Waals surface area contributed by atoms with Gasteiger partial charge in [0.05, 0.1) is 47.9 Å². The van der Waals surface area contributed by atoms with E-state index in [1.807, 2.05) is 43.8 Å². The van der Waals surface area contributed by atoms with E-state index >= 15 is 0 Å². The first-order valence-corrected chi connectivity index (χ1v) is 15.0. The number of aromatic carboxylic acids is 1. The van der Waals surface area contributed by atoms with E-state index in [0.717, 1.165) is 78.5 Å². The molecule has 224 valence electrons. The lowest BCUT2D eigenvalue weighted by atomic mass is 9.93. The molecule has 0 atom stereocenters. The van der Waals surface area contributed by atoms with Gasteiger partial charge in [0.1, 0.15) is 17.3 Å². The Morgan fingerprint density at radius 2 is 1.98 bits per heavy atom. The van der Waals surface area contributed by atoms with Crippen LogP contribution >= 0.6 is 11.6 Å². The summed E-state index contributed by atoms with van der Waals surface area (Å²) in [4.78, 5) is 27.8. The molecule has 0 spiro atoms. The van der Waals surface area contributed by atoms with Crippen LogP contribution in [-0.4, -0.2) is 53.2 Å². The van der Waals surface area contributed by atoms with E-state index in [1.165, 1.54) is 0 Å².